The summed E-state index contributed by atoms with van der Waals surface area (Å²) >= 11 is 1.49. The molecule has 2 amide bonds. The number of fused-ring (bicyclic) bond motifs is 1. The Morgan fingerprint density at radius 2 is 1.94 bits per heavy atom. The second kappa shape index (κ2) is 9.61. The highest BCUT2D eigenvalue weighted by Crippen LogP contribution is 2.36. The summed E-state index contributed by atoms with van der Waals surface area (Å²) in [5.41, 5.74) is 0.247. The van der Waals surface area contributed by atoms with Crippen LogP contribution in [0.2, 0.25) is 0 Å². The zero-order valence-corrected chi connectivity index (χ0v) is 18.9. The van der Waals surface area contributed by atoms with Gasteiger partial charge in [-0.1, -0.05) is 0 Å². The van der Waals surface area contributed by atoms with Gasteiger partial charge in [-0.2, -0.15) is 0 Å². The number of nitrogens with zero attached hydrogens (tertiary/aromatic N) is 1. The summed E-state index contributed by atoms with van der Waals surface area (Å²) in [6, 6.07) is 9.23. The summed E-state index contributed by atoms with van der Waals surface area (Å²) in [5, 5.41) is 13.8. The second-order valence-electron chi connectivity index (χ2n) is 7.18. The second-order valence-corrected chi connectivity index (χ2v) is 8.46. The first kappa shape index (κ1) is 23.0. The van der Waals surface area contributed by atoms with E-state index < -0.39 is 17.6 Å². The number of rotatable bonds is 6. The van der Waals surface area contributed by atoms with Crippen LogP contribution >= 0.6 is 11.3 Å². The first-order chi connectivity index (χ1) is 15.2. The molecule has 0 aliphatic heterocycles. The van der Waals surface area contributed by atoms with Crippen LogP contribution in [-0.4, -0.2) is 43.7 Å². The number of carbonyl (C=O) groups excluding carboxylic acids is 2. The molecule has 3 rings (SSSR count). The predicted octanol–water partition coefficient (Wildman–Crippen LogP) is 4.28. The van der Waals surface area contributed by atoms with Crippen molar-refractivity contribution < 1.29 is 18.7 Å². The number of ether oxygens (including phenoxy) is 1. The number of hydrogen-bond donors (Lipinski definition) is 3. The minimum Gasteiger partial charge on any atom is -0.457 e. The van der Waals surface area contributed by atoms with Gasteiger partial charge in [-0.05, 0) is 49.5 Å². The molecule has 3 aromatic rings. The number of halogens is 1. The molecule has 7 nitrogen and oxygen atoms in total. The number of amidine groups is 1. The Bertz CT molecular complexity index is 1230. The molecule has 0 bridgehead atoms. The fourth-order valence-electron chi connectivity index (χ4n) is 2.95. The lowest BCUT2D eigenvalue weighted by molar-refractivity contribution is 0.0822. The molecule has 0 aliphatic carbocycles. The van der Waals surface area contributed by atoms with Crippen molar-refractivity contribution in [1.82, 2.24) is 15.5 Å². The van der Waals surface area contributed by atoms with Gasteiger partial charge in [0.05, 0.1) is 5.56 Å². The number of benzene rings is 2. The van der Waals surface area contributed by atoms with E-state index in [0.717, 1.165) is 21.0 Å². The fraction of sp³-hybridized carbons (Fsp3) is 0.174. The van der Waals surface area contributed by atoms with Crippen LogP contribution in [0.25, 0.3) is 10.1 Å². The largest absolute Gasteiger partial charge is 0.457 e. The van der Waals surface area contributed by atoms with Crippen molar-refractivity contribution in [2.45, 2.75) is 6.92 Å². The highest BCUT2D eigenvalue weighted by Gasteiger charge is 2.17. The van der Waals surface area contributed by atoms with E-state index in [2.05, 4.69) is 10.6 Å². The predicted molar refractivity (Wildman–Crippen MR) is 124 cm³/mol. The van der Waals surface area contributed by atoms with Crippen LogP contribution in [0.4, 0.5) is 4.39 Å². The summed E-state index contributed by atoms with van der Waals surface area (Å²) in [4.78, 5) is 27.0. The zero-order valence-electron chi connectivity index (χ0n) is 18.1. The Labute approximate surface area is 189 Å². The molecule has 0 saturated heterocycles. The maximum absolute atomic E-state index is 14.5. The molecular weight excluding hydrogens is 431 g/mol. The first-order valence-electron chi connectivity index (χ1n) is 9.66. The number of hydrogen-bond acceptors (Lipinski definition) is 6. The van der Waals surface area contributed by atoms with E-state index in [4.69, 9.17) is 10.1 Å². The summed E-state index contributed by atoms with van der Waals surface area (Å²) < 4.78 is 21.3. The van der Waals surface area contributed by atoms with Gasteiger partial charge in [0.1, 0.15) is 23.2 Å². The Morgan fingerprint density at radius 1 is 1.19 bits per heavy atom. The Hall–Kier alpha value is -3.72. The van der Waals surface area contributed by atoms with Crippen molar-refractivity contribution in [2.75, 3.05) is 21.1 Å². The number of aryl methyl sites for hydroxylation is 1. The fourth-order valence-corrected chi connectivity index (χ4v) is 3.93. The van der Waals surface area contributed by atoms with Gasteiger partial charge >= 0.3 is 0 Å². The highest BCUT2D eigenvalue weighted by molar-refractivity contribution is 7.19. The molecule has 3 N–H and O–H groups in total. The molecule has 0 atom stereocenters. The molecule has 0 unspecified atom stereocenters. The van der Waals surface area contributed by atoms with E-state index in [9.17, 15) is 14.0 Å². The molecule has 1 aromatic heterocycles. The monoisotopic (exact) mass is 454 g/mol. The van der Waals surface area contributed by atoms with Crippen LogP contribution in [0.1, 0.15) is 25.6 Å². The third-order valence-corrected chi connectivity index (χ3v) is 5.45. The van der Waals surface area contributed by atoms with Crippen molar-refractivity contribution in [3.8, 4) is 11.5 Å². The van der Waals surface area contributed by atoms with E-state index in [-0.39, 0.29) is 17.1 Å². The molecule has 0 spiro atoms. The average Bonchev–Trinajstić information content (AvgIpc) is 3.12. The molecular formula is C23H23FN4O3S. The van der Waals surface area contributed by atoms with Crippen molar-refractivity contribution in [2.24, 2.45) is 0 Å². The van der Waals surface area contributed by atoms with Crippen molar-refractivity contribution >= 4 is 39.1 Å². The van der Waals surface area contributed by atoms with Gasteiger partial charge < -0.3 is 20.3 Å². The number of amides is 2. The zero-order chi connectivity index (χ0) is 23.4. The minimum absolute atomic E-state index is 0.0554. The third kappa shape index (κ3) is 5.12. The Morgan fingerprint density at radius 3 is 2.59 bits per heavy atom. The van der Waals surface area contributed by atoms with Gasteiger partial charge in [-0.15, -0.1) is 11.3 Å². The van der Waals surface area contributed by atoms with Crippen LogP contribution in [0, 0.1) is 18.2 Å². The SMILES string of the molecule is CN/C=C\C(=N)NC(=O)c1cc(Oc2ccc(C(=O)N(C)C)c(F)c2)c2cc(C)sc2c1. The smallest absolute Gasteiger partial charge is 0.256 e. The number of thiophene rings is 1. The van der Waals surface area contributed by atoms with E-state index in [1.807, 2.05) is 13.0 Å². The van der Waals surface area contributed by atoms with E-state index in [1.54, 1.807) is 33.3 Å². The van der Waals surface area contributed by atoms with Gasteiger partial charge in [-0.25, -0.2) is 4.39 Å². The van der Waals surface area contributed by atoms with Gasteiger partial charge in [0, 0.05) is 47.7 Å². The van der Waals surface area contributed by atoms with Crippen LogP contribution < -0.4 is 15.4 Å². The minimum atomic E-state index is -0.697. The summed E-state index contributed by atoms with van der Waals surface area (Å²) in [6.45, 7) is 1.94. The molecule has 166 valence electrons. The van der Waals surface area contributed by atoms with E-state index >= 15 is 0 Å². The van der Waals surface area contributed by atoms with Crippen LogP contribution in [0.5, 0.6) is 11.5 Å². The molecule has 0 saturated carbocycles. The van der Waals surface area contributed by atoms with Gasteiger partial charge in [-0.3, -0.25) is 15.0 Å². The van der Waals surface area contributed by atoms with Crippen molar-refractivity contribution in [3.63, 3.8) is 0 Å². The lowest BCUT2D eigenvalue weighted by atomic mass is 10.1. The summed E-state index contributed by atoms with van der Waals surface area (Å²) in [6.07, 6.45) is 2.95. The lowest BCUT2D eigenvalue weighted by Crippen LogP contribution is -2.28. The first-order valence-corrected chi connectivity index (χ1v) is 10.5. The van der Waals surface area contributed by atoms with Gasteiger partial charge in [0.15, 0.2) is 0 Å². The molecule has 9 heteroatoms. The summed E-state index contributed by atoms with van der Waals surface area (Å²) in [5.74, 6) is -1.11. The molecule has 0 fully saturated rings. The topological polar surface area (TPSA) is 94.5 Å². The molecule has 2 aromatic carbocycles. The van der Waals surface area contributed by atoms with Gasteiger partial charge in [0.2, 0.25) is 0 Å². The number of nitrogens with one attached hydrogen (secondary N) is 3. The molecule has 0 aliphatic rings. The van der Waals surface area contributed by atoms with Crippen LogP contribution in [0.15, 0.2) is 48.7 Å². The molecule has 1 heterocycles. The van der Waals surface area contributed by atoms with Crippen LogP contribution in [-0.2, 0) is 0 Å². The van der Waals surface area contributed by atoms with E-state index in [0.29, 0.717) is 11.3 Å². The lowest BCUT2D eigenvalue weighted by Gasteiger charge is -2.13. The maximum atomic E-state index is 14.5. The summed E-state index contributed by atoms with van der Waals surface area (Å²) in [7, 11) is 4.79. The average molecular weight is 455 g/mol. The van der Waals surface area contributed by atoms with Crippen LogP contribution in [0.3, 0.4) is 0 Å². The molecule has 0 radical (unpaired) electrons. The third-order valence-electron chi connectivity index (χ3n) is 4.45. The quantitative estimate of drug-likeness (QED) is 0.383. The standard InChI is InChI=1S/C23H23FN4O3S/c1-13-9-17-19(31-15-5-6-16(18(24)12-15)23(30)28(3)4)10-14(11-20(17)32-13)22(29)27-21(25)7-8-26-2/h5-12,26H,1-4H3,(H2,25,27,29)/b8-7-. The maximum Gasteiger partial charge on any atom is 0.256 e. The molecule has 32 heavy (non-hydrogen) atoms. The highest BCUT2D eigenvalue weighted by atomic mass is 32.1. The number of carbonyl (C=O) groups is 2. The normalized spacial score (nSPS) is 10.9. The van der Waals surface area contributed by atoms with Crippen molar-refractivity contribution in [3.05, 3.63) is 70.5 Å². The van der Waals surface area contributed by atoms with E-state index in [1.165, 1.54) is 40.6 Å². The van der Waals surface area contributed by atoms with Gasteiger partial charge in [0.25, 0.3) is 11.8 Å². The Kier molecular flexibility index (Phi) is 6.89. The van der Waals surface area contributed by atoms with Crippen molar-refractivity contribution in [1.29, 1.82) is 5.41 Å². The Balaban J connectivity index is 1.95.